The van der Waals surface area contributed by atoms with Crippen molar-refractivity contribution in [2.45, 2.75) is 51.1 Å². The van der Waals surface area contributed by atoms with Crippen molar-refractivity contribution in [2.24, 2.45) is 5.92 Å². The van der Waals surface area contributed by atoms with E-state index in [1.807, 2.05) is 0 Å². The third-order valence-electron chi connectivity index (χ3n) is 4.06. The minimum atomic E-state index is -1.79. The number of hydrogen-bond acceptors (Lipinski definition) is 7. The maximum atomic E-state index is 11.1. The summed E-state index contributed by atoms with van der Waals surface area (Å²) < 4.78 is 0. The molecular weight excluding hydrogens is 282 g/mol. The number of aliphatic hydroxyl groups is 5. The maximum absolute atomic E-state index is 11.1. The lowest BCUT2D eigenvalue weighted by molar-refractivity contribution is -0.385. The molecule has 0 aliphatic heterocycles. The molecule has 0 aromatic rings. The van der Waals surface area contributed by atoms with Gasteiger partial charge in [-0.05, 0) is 20.3 Å². The van der Waals surface area contributed by atoms with Crippen LogP contribution < -0.4 is 0 Å². The molecule has 8 nitrogen and oxygen atoms in total. The van der Waals surface area contributed by atoms with Gasteiger partial charge in [-0.1, -0.05) is 11.1 Å². The van der Waals surface area contributed by atoms with Crippen LogP contribution in [0.2, 0.25) is 0 Å². The van der Waals surface area contributed by atoms with Gasteiger partial charge in [-0.15, -0.1) is 0 Å². The molecule has 0 amide bonds. The Bertz CT molecular complexity index is 430. The predicted octanol–water partition coefficient (Wildman–Crippen LogP) is -1.38. The minimum absolute atomic E-state index is 0.0892. The summed E-state index contributed by atoms with van der Waals surface area (Å²) >= 11 is 0. The standard InChI is InChI=1S/C13H22NO7/c1-6-3-8(9(14(20)21)4-7(6)2)11(17)13(19)12(18)10(16)5-15/h8,10-13,15-19H,3-5H2,1-2H3/q-1/t8-,10+,11-,12-,13+/m0/s1. The molecule has 0 saturated heterocycles. The fourth-order valence-electron chi connectivity index (χ4n) is 2.47. The lowest BCUT2D eigenvalue weighted by Crippen LogP contribution is -2.51. The van der Waals surface area contributed by atoms with Gasteiger partial charge in [-0.25, -0.2) is 0 Å². The predicted molar refractivity (Wildman–Crippen MR) is 74.2 cm³/mol. The van der Waals surface area contributed by atoms with E-state index in [2.05, 4.69) is 0 Å². The van der Waals surface area contributed by atoms with E-state index in [0.717, 1.165) is 11.1 Å². The van der Waals surface area contributed by atoms with Crippen molar-refractivity contribution in [1.82, 2.24) is 0 Å². The highest BCUT2D eigenvalue weighted by Crippen LogP contribution is 2.31. The first-order valence-electron chi connectivity index (χ1n) is 6.69. The van der Waals surface area contributed by atoms with Gasteiger partial charge in [0.15, 0.2) is 5.71 Å². The van der Waals surface area contributed by atoms with Crippen LogP contribution in [0.15, 0.2) is 11.1 Å². The van der Waals surface area contributed by atoms with Crippen molar-refractivity contribution >= 4 is 5.71 Å². The molecule has 0 unspecified atom stereocenters. The third kappa shape index (κ3) is 3.92. The Labute approximate surface area is 122 Å². The highest BCUT2D eigenvalue weighted by Gasteiger charge is 2.41. The molecule has 0 bridgehead atoms. The lowest BCUT2D eigenvalue weighted by atomic mass is 9.78. The zero-order valence-corrected chi connectivity index (χ0v) is 12.0. The van der Waals surface area contributed by atoms with Gasteiger partial charge >= 0.3 is 0 Å². The first-order chi connectivity index (χ1) is 9.70. The van der Waals surface area contributed by atoms with Crippen LogP contribution in [-0.4, -0.2) is 67.2 Å². The summed E-state index contributed by atoms with van der Waals surface area (Å²) in [5, 5.41) is 69.9. The van der Waals surface area contributed by atoms with E-state index in [9.17, 15) is 30.8 Å². The van der Waals surface area contributed by atoms with E-state index in [1.54, 1.807) is 13.8 Å². The van der Waals surface area contributed by atoms with Crippen LogP contribution in [0.3, 0.4) is 0 Å². The Hall–Kier alpha value is -1.19. The van der Waals surface area contributed by atoms with E-state index < -0.39 is 41.8 Å². The molecule has 5 N–H and O–H groups in total. The van der Waals surface area contributed by atoms with Crippen molar-refractivity contribution in [1.29, 1.82) is 0 Å². The average molecular weight is 304 g/mol. The van der Waals surface area contributed by atoms with Crippen LogP contribution in [0, 0.1) is 16.3 Å². The SMILES string of the molecule is CC1=C(C)C[C@H]([C@H](O)[C@@H](O)[C@@H](O)[C@H](O)CO)C(=[N+]([O-])[O-])C1. The lowest BCUT2D eigenvalue weighted by Gasteiger charge is -2.34. The fraction of sp³-hybridized carbons (Fsp3) is 0.769. The third-order valence-corrected chi connectivity index (χ3v) is 4.06. The molecule has 8 heteroatoms. The summed E-state index contributed by atoms with van der Waals surface area (Å²) in [7, 11) is 0. The number of hydrogen-bond donors (Lipinski definition) is 5. The van der Waals surface area contributed by atoms with Crippen LogP contribution in [0.4, 0.5) is 0 Å². The van der Waals surface area contributed by atoms with E-state index in [0.29, 0.717) is 0 Å². The maximum Gasteiger partial charge on any atom is 0.185 e. The molecular formula is C13H22NO7-. The van der Waals surface area contributed by atoms with Crippen LogP contribution in [-0.2, 0) is 0 Å². The van der Waals surface area contributed by atoms with Gasteiger partial charge in [-0.2, -0.15) is 4.90 Å². The number of allylic oxidation sites excluding steroid dienone is 2. The molecule has 122 valence electrons. The van der Waals surface area contributed by atoms with Crippen LogP contribution in [0.25, 0.3) is 0 Å². The summed E-state index contributed by atoms with van der Waals surface area (Å²) in [4.78, 5) is -0.578. The Balaban J connectivity index is 2.99. The van der Waals surface area contributed by atoms with Gasteiger partial charge in [0, 0.05) is 0 Å². The zero-order chi connectivity index (χ0) is 16.3. The molecule has 1 aliphatic carbocycles. The molecule has 5 atom stereocenters. The second-order valence-electron chi connectivity index (χ2n) is 5.52. The zero-order valence-electron chi connectivity index (χ0n) is 12.0. The van der Waals surface area contributed by atoms with Crippen molar-refractivity contribution in [3.05, 3.63) is 21.6 Å². The molecule has 0 saturated carbocycles. The van der Waals surface area contributed by atoms with Gasteiger partial charge in [-0.3, -0.25) is 0 Å². The Kier molecular flexibility index (Phi) is 6.11. The normalized spacial score (nSPS) is 25.5. The molecule has 0 spiro atoms. The van der Waals surface area contributed by atoms with Gasteiger partial charge in [0.05, 0.1) is 25.0 Å². The summed E-state index contributed by atoms with van der Waals surface area (Å²) in [6.45, 7) is 2.76. The van der Waals surface area contributed by atoms with Gasteiger partial charge < -0.3 is 35.9 Å². The van der Waals surface area contributed by atoms with Gasteiger partial charge in [0.25, 0.3) is 0 Å². The second-order valence-corrected chi connectivity index (χ2v) is 5.52. The van der Waals surface area contributed by atoms with Crippen molar-refractivity contribution in [2.75, 3.05) is 6.61 Å². The first kappa shape index (κ1) is 17.9. The van der Waals surface area contributed by atoms with E-state index in [-0.39, 0.29) is 18.6 Å². The highest BCUT2D eigenvalue weighted by molar-refractivity contribution is 5.86. The smallest absolute Gasteiger partial charge is 0.185 e. The van der Waals surface area contributed by atoms with E-state index in [4.69, 9.17) is 5.11 Å². The molecule has 0 aromatic carbocycles. The molecule has 1 aliphatic rings. The van der Waals surface area contributed by atoms with E-state index >= 15 is 0 Å². The topological polar surface area (TPSA) is 150 Å². The molecule has 1 rings (SSSR count). The van der Waals surface area contributed by atoms with Gasteiger partial charge in [0.1, 0.15) is 18.3 Å². The monoisotopic (exact) mass is 304 g/mol. The van der Waals surface area contributed by atoms with Gasteiger partial charge in [0.2, 0.25) is 0 Å². The number of aliphatic hydroxyl groups excluding tert-OH is 5. The van der Waals surface area contributed by atoms with Crippen molar-refractivity contribution in [3.63, 3.8) is 0 Å². The summed E-state index contributed by atoms with van der Waals surface area (Å²) in [6.07, 6.45) is -6.53. The van der Waals surface area contributed by atoms with Crippen molar-refractivity contribution < 1.29 is 30.4 Å². The molecule has 0 fully saturated rings. The minimum Gasteiger partial charge on any atom is -0.612 e. The Morgan fingerprint density at radius 2 is 1.67 bits per heavy atom. The molecule has 0 heterocycles. The molecule has 0 aromatic heterocycles. The molecule has 0 radical (unpaired) electrons. The second kappa shape index (κ2) is 7.19. The quantitative estimate of drug-likeness (QED) is 0.238. The van der Waals surface area contributed by atoms with Crippen molar-refractivity contribution in [3.8, 4) is 0 Å². The number of rotatable bonds is 5. The number of nitrogens with zero attached hydrogens (tertiary/aromatic N) is 1. The van der Waals surface area contributed by atoms with E-state index in [1.165, 1.54) is 0 Å². The highest BCUT2D eigenvalue weighted by atomic mass is 16.8. The largest absolute Gasteiger partial charge is 0.612 e. The summed E-state index contributed by atoms with van der Waals surface area (Å²) in [5.41, 5.74) is 1.60. The van der Waals surface area contributed by atoms with Crippen LogP contribution in [0.5, 0.6) is 0 Å². The molecule has 21 heavy (non-hydrogen) atoms. The Morgan fingerprint density at radius 3 is 2.14 bits per heavy atom. The van der Waals surface area contributed by atoms with Crippen LogP contribution in [0.1, 0.15) is 26.7 Å². The Morgan fingerprint density at radius 1 is 1.10 bits per heavy atom. The summed E-state index contributed by atoms with van der Waals surface area (Å²) in [6, 6.07) is 0. The summed E-state index contributed by atoms with van der Waals surface area (Å²) in [5.74, 6) is -0.945. The first-order valence-corrected chi connectivity index (χ1v) is 6.69. The van der Waals surface area contributed by atoms with Crippen LogP contribution >= 0.6 is 0 Å². The average Bonchev–Trinajstić information content (AvgIpc) is 2.46. The fourth-order valence-corrected chi connectivity index (χ4v) is 2.47.